The normalized spacial score (nSPS) is 14.6. The van der Waals surface area contributed by atoms with Crippen molar-refractivity contribution in [1.29, 1.82) is 10.8 Å². The highest BCUT2D eigenvalue weighted by Crippen LogP contribution is 2.42. The van der Waals surface area contributed by atoms with Crippen LogP contribution >= 0.6 is 0 Å². The molecule has 0 aliphatic carbocycles. The molecule has 2 aromatic rings. The molecule has 2 aliphatic rings. The number of nitrogens with zero attached hydrogens (tertiary/aromatic N) is 6. The zero-order chi connectivity index (χ0) is 16.1. The summed E-state index contributed by atoms with van der Waals surface area (Å²) in [7, 11) is 0. The van der Waals surface area contributed by atoms with Crippen LogP contribution in [0.2, 0.25) is 0 Å². The minimum atomic E-state index is 0.619. The summed E-state index contributed by atoms with van der Waals surface area (Å²) in [6, 6.07) is 8.08. The van der Waals surface area contributed by atoms with Gasteiger partial charge in [-0.05, 0) is 37.1 Å². The highest BCUT2D eigenvalue weighted by molar-refractivity contribution is 5.75. The second-order valence-corrected chi connectivity index (χ2v) is 6.27. The maximum atomic E-state index is 9.16. The molecule has 112 valence electrons. The van der Waals surface area contributed by atoms with E-state index >= 15 is 0 Å². The zero-order valence-corrected chi connectivity index (χ0v) is 13.1. The summed E-state index contributed by atoms with van der Waals surface area (Å²) in [5.41, 5.74) is 7.84. The average Bonchev–Trinajstić information content (AvgIpc) is 2.54. The number of aryl methyl sites for hydroxylation is 2. The van der Waals surface area contributed by atoms with Crippen molar-refractivity contribution in [2.24, 2.45) is 0 Å². The molecule has 2 bridgehead atoms. The molecular formula is C17H16N6+2. The lowest BCUT2D eigenvalue weighted by atomic mass is 9.98. The van der Waals surface area contributed by atoms with Crippen LogP contribution in [0, 0.1) is 24.6 Å². The fourth-order valence-corrected chi connectivity index (χ4v) is 3.59. The second-order valence-electron chi connectivity index (χ2n) is 6.27. The van der Waals surface area contributed by atoms with Crippen LogP contribution in [0.5, 0.6) is 0 Å². The molecular weight excluding hydrogens is 288 g/mol. The Bertz CT molecular complexity index is 843. The SMILES string of the molecule is Cc1cc2c(cc1[N+]#N)N1Cc3cc(C)c([N+]#N)cc3N(C2)C1. The first-order valence-electron chi connectivity index (χ1n) is 7.58. The van der Waals surface area contributed by atoms with Crippen LogP contribution in [0.4, 0.5) is 22.7 Å². The monoisotopic (exact) mass is 304 g/mol. The Kier molecular flexibility index (Phi) is 2.76. The Labute approximate surface area is 134 Å². The van der Waals surface area contributed by atoms with Gasteiger partial charge in [0.05, 0.1) is 30.2 Å². The Morgan fingerprint density at radius 1 is 0.783 bits per heavy atom. The largest absolute Gasteiger partial charge is 0.390 e. The maximum absolute atomic E-state index is 9.16. The van der Waals surface area contributed by atoms with Crippen molar-refractivity contribution >= 4 is 22.7 Å². The van der Waals surface area contributed by atoms with Crippen molar-refractivity contribution in [2.45, 2.75) is 26.9 Å². The smallest absolute Gasteiger partial charge is 0.349 e. The molecule has 2 aliphatic heterocycles. The quantitative estimate of drug-likeness (QED) is 0.669. The molecule has 0 N–H and O–H groups in total. The Balaban J connectivity index is 1.84. The first kappa shape index (κ1) is 13.5. The van der Waals surface area contributed by atoms with Crippen molar-refractivity contribution in [3.05, 3.63) is 56.5 Å². The summed E-state index contributed by atoms with van der Waals surface area (Å²) in [6.45, 7) is 6.26. The van der Waals surface area contributed by atoms with Gasteiger partial charge in [-0.25, -0.2) is 0 Å². The fourth-order valence-electron chi connectivity index (χ4n) is 3.59. The molecule has 0 saturated heterocycles. The van der Waals surface area contributed by atoms with E-state index in [0.717, 1.165) is 42.3 Å². The number of fused-ring (bicyclic) bond motifs is 6. The standard InChI is InChI=1S/C17H16N6/c1-10-3-12-7-22-9-23(16(12)5-14(10)20-18)8-13-4-11(2)15(21-19)6-17(13)22/h3-6H,7-9H2,1-2H3/q+2. The number of hydrogen-bond acceptors (Lipinski definition) is 4. The van der Waals surface area contributed by atoms with Gasteiger partial charge in [-0.15, -0.1) is 0 Å². The van der Waals surface area contributed by atoms with E-state index in [4.69, 9.17) is 10.8 Å². The summed E-state index contributed by atoms with van der Waals surface area (Å²) in [4.78, 5) is 11.3. The first-order valence-corrected chi connectivity index (χ1v) is 7.58. The third-order valence-corrected chi connectivity index (χ3v) is 4.76. The minimum absolute atomic E-state index is 0.619. The summed E-state index contributed by atoms with van der Waals surface area (Å²) in [5.74, 6) is 0. The van der Waals surface area contributed by atoms with Gasteiger partial charge in [-0.1, -0.05) is 0 Å². The van der Waals surface area contributed by atoms with E-state index in [2.05, 4.69) is 31.9 Å². The lowest BCUT2D eigenvalue weighted by Gasteiger charge is -2.44. The number of hydrogen-bond donors (Lipinski definition) is 0. The minimum Gasteiger partial charge on any atom is -0.349 e. The van der Waals surface area contributed by atoms with Crippen molar-refractivity contribution < 1.29 is 0 Å². The van der Waals surface area contributed by atoms with Crippen molar-refractivity contribution in [1.82, 2.24) is 0 Å². The van der Waals surface area contributed by atoms with Crippen molar-refractivity contribution in [3.63, 3.8) is 0 Å². The van der Waals surface area contributed by atoms with E-state index < -0.39 is 0 Å². The van der Waals surface area contributed by atoms with Crippen LogP contribution < -0.4 is 9.80 Å². The summed E-state index contributed by atoms with van der Waals surface area (Å²) >= 11 is 0. The van der Waals surface area contributed by atoms with Gasteiger partial charge in [0.15, 0.2) is 9.95 Å². The van der Waals surface area contributed by atoms with Gasteiger partial charge in [0.1, 0.15) is 0 Å². The number of diazo groups is 2. The summed E-state index contributed by atoms with van der Waals surface area (Å²) < 4.78 is 0. The van der Waals surface area contributed by atoms with Crippen molar-refractivity contribution in [2.75, 3.05) is 16.5 Å². The van der Waals surface area contributed by atoms with Gasteiger partial charge in [-0.3, -0.25) is 0 Å². The third kappa shape index (κ3) is 1.92. The van der Waals surface area contributed by atoms with Gasteiger partial charge in [0.25, 0.3) is 0 Å². The molecule has 6 nitrogen and oxygen atoms in total. The van der Waals surface area contributed by atoms with Crippen LogP contribution in [0.15, 0.2) is 24.3 Å². The maximum Gasteiger partial charge on any atom is 0.390 e. The van der Waals surface area contributed by atoms with E-state index in [1.165, 1.54) is 11.1 Å². The van der Waals surface area contributed by atoms with E-state index in [1.807, 2.05) is 26.0 Å². The van der Waals surface area contributed by atoms with E-state index in [1.54, 1.807) is 0 Å². The van der Waals surface area contributed by atoms with Crippen LogP contribution in [-0.2, 0) is 13.1 Å². The highest BCUT2D eigenvalue weighted by Gasteiger charge is 2.33. The zero-order valence-electron chi connectivity index (χ0n) is 13.1. The van der Waals surface area contributed by atoms with Gasteiger partial charge in [0.2, 0.25) is 10.8 Å². The molecule has 0 aromatic heterocycles. The van der Waals surface area contributed by atoms with Gasteiger partial charge in [0, 0.05) is 24.2 Å². The van der Waals surface area contributed by atoms with Crippen LogP contribution in [-0.4, -0.2) is 6.67 Å². The summed E-state index contributed by atoms with van der Waals surface area (Å²) in [6.07, 6.45) is 0. The lowest BCUT2D eigenvalue weighted by molar-refractivity contribution is 0.650. The first-order chi connectivity index (χ1) is 11.1. The fraction of sp³-hybridized carbons (Fsp3) is 0.294. The number of benzene rings is 2. The second kappa shape index (κ2) is 4.69. The van der Waals surface area contributed by atoms with E-state index in [9.17, 15) is 0 Å². The molecule has 0 atom stereocenters. The Morgan fingerprint density at radius 3 is 1.61 bits per heavy atom. The van der Waals surface area contributed by atoms with Crippen LogP contribution in [0.3, 0.4) is 0 Å². The van der Waals surface area contributed by atoms with E-state index in [-0.39, 0.29) is 0 Å². The van der Waals surface area contributed by atoms with Gasteiger partial charge < -0.3 is 9.80 Å². The molecule has 2 aromatic carbocycles. The molecule has 6 heteroatoms. The molecule has 0 fully saturated rings. The van der Waals surface area contributed by atoms with Crippen molar-refractivity contribution in [3.8, 4) is 0 Å². The Morgan fingerprint density at radius 2 is 1.22 bits per heavy atom. The molecule has 0 saturated carbocycles. The molecule has 2 heterocycles. The molecule has 0 amide bonds. The lowest BCUT2D eigenvalue weighted by Crippen LogP contribution is -2.46. The van der Waals surface area contributed by atoms with Crippen LogP contribution in [0.25, 0.3) is 9.95 Å². The van der Waals surface area contributed by atoms with E-state index in [0.29, 0.717) is 11.4 Å². The molecule has 0 unspecified atom stereocenters. The molecule has 0 radical (unpaired) electrons. The highest BCUT2D eigenvalue weighted by atomic mass is 15.4. The topological polar surface area (TPSA) is 62.8 Å². The number of rotatable bonds is 0. The van der Waals surface area contributed by atoms with Gasteiger partial charge in [-0.2, -0.15) is 0 Å². The van der Waals surface area contributed by atoms with Gasteiger partial charge >= 0.3 is 11.4 Å². The molecule has 4 rings (SSSR count). The predicted molar refractivity (Wildman–Crippen MR) is 89.1 cm³/mol. The summed E-state index contributed by atoms with van der Waals surface area (Å²) in [5, 5.41) is 18.3. The predicted octanol–water partition coefficient (Wildman–Crippen LogP) is 4.57. The molecule has 0 spiro atoms. The third-order valence-electron chi connectivity index (χ3n) is 4.76. The number of anilines is 2. The average molecular weight is 304 g/mol. The van der Waals surface area contributed by atoms with Crippen LogP contribution in [0.1, 0.15) is 22.3 Å². The molecule has 23 heavy (non-hydrogen) atoms. The Hall–Kier alpha value is -3.12.